The molecule has 0 unspecified atom stereocenters. The maximum atomic E-state index is 13.5. The number of nitrogen functional groups attached to an aromatic ring is 1. The largest absolute Gasteiger partial charge is 0.397 e. The van der Waals surface area contributed by atoms with Crippen LogP contribution in [-0.4, -0.2) is 5.91 Å². The Hall–Kier alpha value is -2.50. The van der Waals surface area contributed by atoms with Crippen molar-refractivity contribution in [2.24, 2.45) is 0 Å². The Labute approximate surface area is 113 Å². The first-order valence-electron chi connectivity index (χ1n) is 5.75. The molecule has 20 heavy (non-hydrogen) atoms. The van der Waals surface area contributed by atoms with Crippen LogP contribution in [0.5, 0.6) is 0 Å². The molecule has 0 aliphatic heterocycles. The zero-order valence-electron chi connectivity index (χ0n) is 10.3. The Morgan fingerprint density at radius 2 is 1.90 bits per heavy atom. The Bertz CT molecular complexity index is 659. The summed E-state index contributed by atoms with van der Waals surface area (Å²) in [7, 11) is 0. The Morgan fingerprint density at radius 3 is 2.60 bits per heavy atom. The number of benzene rings is 2. The highest BCUT2D eigenvalue weighted by atomic mass is 19.2. The van der Waals surface area contributed by atoms with Crippen LogP contribution in [0.25, 0.3) is 0 Å². The minimum atomic E-state index is -1.22. The zero-order chi connectivity index (χ0) is 14.7. The minimum absolute atomic E-state index is 0.0866. The molecular formula is C14H11F3N2O. The number of nitrogens with two attached hydrogens (primary N) is 1. The van der Waals surface area contributed by atoms with E-state index in [1.54, 1.807) is 6.07 Å². The van der Waals surface area contributed by atoms with E-state index < -0.39 is 29.0 Å². The molecule has 0 heterocycles. The van der Waals surface area contributed by atoms with Gasteiger partial charge in [-0.3, -0.25) is 4.79 Å². The van der Waals surface area contributed by atoms with Crippen LogP contribution in [0.3, 0.4) is 0 Å². The molecule has 0 saturated carbocycles. The molecular weight excluding hydrogens is 269 g/mol. The van der Waals surface area contributed by atoms with E-state index >= 15 is 0 Å². The number of hydrogen-bond donors (Lipinski definition) is 2. The number of amides is 1. The third kappa shape index (κ3) is 3.09. The van der Waals surface area contributed by atoms with Crippen molar-refractivity contribution >= 4 is 17.3 Å². The van der Waals surface area contributed by atoms with Gasteiger partial charge in [0, 0.05) is 0 Å². The molecule has 2 rings (SSSR count). The van der Waals surface area contributed by atoms with Gasteiger partial charge in [-0.25, -0.2) is 13.2 Å². The number of carbonyl (C=O) groups excluding carboxylic acids is 1. The second-order valence-electron chi connectivity index (χ2n) is 4.18. The van der Waals surface area contributed by atoms with Crippen LogP contribution in [0.2, 0.25) is 0 Å². The van der Waals surface area contributed by atoms with Gasteiger partial charge in [0.25, 0.3) is 0 Å². The molecule has 0 fully saturated rings. The topological polar surface area (TPSA) is 55.1 Å². The first kappa shape index (κ1) is 13.9. The molecule has 104 valence electrons. The lowest BCUT2D eigenvalue weighted by Crippen LogP contribution is -2.17. The third-order valence-electron chi connectivity index (χ3n) is 2.65. The summed E-state index contributed by atoms with van der Waals surface area (Å²) in [5.41, 5.74) is 5.39. The predicted octanol–water partition coefficient (Wildman–Crippen LogP) is 2.87. The summed E-state index contributed by atoms with van der Waals surface area (Å²) in [4.78, 5) is 11.7. The summed E-state index contributed by atoms with van der Waals surface area (Å²) >= 11 is 0. The van der Waals surface area contributed by atoms with Crippen molar-refractivity contribution < 1.29 is 18.0 Å². The van der Waals surface area contributed by atoms with Crippen LogP contribution in [0, 0.1) is 17.5 Å². The van der Waals surface area contributed by atoms with Crippen LogP contribution in [0.1, 0.15) is 5.56 Å². The Kier molecular flexibility index (Phi) is 3.93. The Balaban J connectivity index is 2.15. The van der Waals surface area contributed by atoms with Gasteiger partial charge in [-0.1, -0.05) is 12.1 Å². The van der Waals surface area contributed by atoms with Crippen molar-refractivity contribution in [2.45, 2.75) is 6.42 Å². The van der Waals surface area contributed by atoms with E-state index in [9.17, 15) is 18.0 Å². The summed E-state index contributed by atoms with van der Waals surface area (Å²) in [6, 6.07) is 7.45. The Morgan fingerprint density at radius 1 is 1.15 bits per heavy atom. The van der Waals surface area contributed by atoms with E-state index in [0.717, 1.165) is 12.1 Å². The van der Waals surface area contributed by atoms with Gasteiger partial charge in [0.05, 0.1) is 12.1 Å². The van der Waals surface area contributed by atoms with Crippen LogP contribution in [-0.2, 0) is 11.2 Å². The van der Waals surface area contributed by atoms with Gasteiger partial charge in [0.15, 0.2) is 11.6 Å². The number of rotatable bonds is 3. The molecule has 0 aliphatic rings. The summed E-state index contributed by atoms with van der Waals surface area (Å²) in [6.07, 6.45) is -0.173. The zero-order valence-corrected chi connectivity index (χ0v) is 10.3. The van der Waals surface area contributed by atoms with Gasteiger partial charge < -0.3 is 11.1 Å². The van der Waals surface area contributed by atoms with E-state index in [4.69, 9.17) is 5.73 Å². The normalized spacial score (nSPS) is 10.3. The standard InChI is InChI=1S/C14H11F3N2O/c15-9-3-1-2-8(6-9)7-12(20)19-14-11(18)5-4-10(16)13(14)17/h1-6H,7,18H2,(H,19,20). The van der Waals surface area contributed by atoms with Gasteiger partial charge in [-0.05, 0) is 29.8 Å². The van der Waals surface area contributed by atoms with E-state index in [0.29, 0.717) is 5.56 Å². The first-order valence-corrected chi connectivity index (χ1v) is 5.75. The second kappa shape index (κ2) is 5.64. The smallest absolute Gasteiger partial charge is 0.228 e. The molecule has 0 radical (unpaired) electrons. The monoisotopic (exact) mass is 280 g/mol. The summed E-state index contributed by atoms with van der Waals surface area (Å²) < 4.78 is 39.5. The second-order valence-corrected chi connectivity index (χ2v) is 4.18. The van der Waals surface area contributed by atoms with Gasteiger partial charge in [-0.15, -0.1) is 0 Å². The average Bonchev–Trinajstić information content (AvgIpc) is 2.39. The maximum Gasteiger partial charge on any atom is 0.228 e. The van der Waals surface area contributed by atoms with Crippen molar-refractivity contribution in [3.8, 4) is 0 Å². The van der Waals surface area contributed by atoms with Crippen molar-refractivity contribution in [1.29, 1.82) is 0 Å². The predicted molar refractivity (Wildman–Crippen MR) is 69.5 cm³/mol. The van der Waals surface area contributed by atoms with Crippen molar-refractivity contribution in [3.63, 3.8) is 0 Å². The highest BCUT2D eigenvalue weighted by Crippen LogP contribution is 2.24. The maximum absolute atomic E-state index is 13.5. The van der Waals surface area contributed by atoms with E-state index in [1.165, 1.54) is 18.2 Å². The molecule has 6 heteroatoms. The molecule has 2 aromatic rings. The first-order chi connectivity index (χ1) is 9.47. The van der Waals surface area contributed by atoms with E-state index in [-0.39, 0.29) is 12.1 Å². The lowest BCUT2D eigenvalue weighted by molar-refractivity contribution is -0.115. The molecule has 2 aromatic carbocycles. The number of anilines is 2. The molecule has 0 bridgehead atoms. The molecule has 0 spiro atoms. The highest BCUT2D eigenvalue weighted by molar-refractivity contribution is 5.95. The summed E-state index contributed by atoms with van der Waals surface area (Å²) in [5.74, 6) is -3.43. The van der Waals surface area contributed by atoms with Crippen LogP contribution in [0.15, 0.2) is 36.4 Å². The molecule has 3 N–H and O–H groups in total. The lowest BCUT2D eigenvalue weighted by atomic mass is 10.1. The third-order valence-corrected chi connectivity index (χ3v) is 2.65. The molecule has 1 amide bonds. The van der Waals surface area contributed by atoms with Crippen LogP contribution < -0.4 is 11.1 Å². The van der Waals surface area contributed by atoms with Crippen molar-refractivity contribution in [3.05, 3.63) is 59.4 Å². The molecule has 0 aliphatic carbocycles. The number of nitrogens with one attached hydrogen (secondary N) is 1. The van der Waals surface area contributed by atoms with Gasteiger partial charge >= 0.3 is 0 Å². The van der Waals surface area contributed by atoms with Gasteiger partial charge in [0.2, 0.25) is 5.91 Å². The quantitative estimate of drug-likeness (QED) is 0.849. The van der Waals surface area contributed by atoms with Crippen LogP contribution >= 0.6 is 0 Å². The molecule has 3 nitrogen and oxygen atoms in total. The van der Waals surface area contributed by atoms with Crippen LogP contribution in [0.4, 0.5) is 24.5 Å². The molecule has 0 aromatic heterocycles. The summed E-state index contributed by atoms with van der Waals surface area (Å²) in [5, 5.41) is 2.19. The molecule has 0 atom stereocenters. The van der Waals surface area contributed by atoms with Gasteiger partial charge in [0.1, 0.15) is 11.5 Å². The van der Waals surface area contributed by atoms with E-state index in [1.807, 2.05) is 0 Å². The highest BCUT2D eigenvalue weighted by Gasteiger charge is 2.14. The fourth-order valence-electron chi connectivity index (χ4n) is 1.71. The lowest BCUT2D eigenvalue weighted by Gasteiger charge is -2.09. The van der Waals surface area contributed by atoms with Crippen molar-refractivity contribution in [1.82, 2.24) is 0 Å². The number of halogens is 3. The van der Waals surface area contributed by atoms with E-state index in [2.05, 4.69) is 5.32 Å². The minimum Gasteiger partial charge on any atom is -0.397 e. The fourth-order valence-corrected chi connectivity index (χ4v) is 1.71. The number of hydrogen-bond acceptors (Lipinski definition) is 2. The molecule has 0 saturated heterocycles. The number of carbonyl (C=O) groups is 1. The average molecular weight is 280 g/mol. The van der Waals surface area contributed by atoms with Gasteiger partial charge in [-0.2, -0.15) is 0 Å². The fraction of sp³-hybridized carbons (Fsp3) is 0.0714. The SMILES string of the molecule is Nc1ccc(F)c(F)c1NC(=O)Cc1cccc(F)c1. The summed E-state index contributed by atoms with van der Waals surface area (Å²) in [6.45, 7) is 0. The van der Waals surface area contributed by atoms with Crippen molar-refractivity contribution in [2.75, 3.05) is 11.1 Å².